The SMILES string of the molecule is CC(C)OC(=O)CCC1CCc2c(sc3ncnc(Nc4ccc5c(c4)SC(=O)C5)c23)C1.NCC1CCc2c(sc3ncnc(Nc4ccc5c(c4)SC(=O)C5)c23)C1. The lowest BCUT2D eigenvalue weighted by atomic mass is 9.85. The van der Waals surface area contributed by atoms with Gasteiger partial charge in [0.1, 0.15) is 34.0 Å². The lowest BCUT2D eigenvalue weighted by Crippen LogP contribution is -2.21. The number of carbonyl (C=O) groups is 3. The van der Waals surface area contributed by atoms with Crippen LogP contribution in [-0.4, -0.2) is 48.8 Å². The topological polar surface area (TPSA) is 162 Å². The second-order valence-corrected chi connectivity index (χ2v) is 19.9. The van der Waals surface area contributed by atoms with Gasteiger partial charge in [0.2, 0.25) is 0 Å². The predicted octanol–water partition coefficient (Wildman–Crippen LogP) is 9.12. The Morgan fingerprint density at radius 1 is 0.776 bits per heavy atom. The smallest absolute Gasteiger partial charge is 0.306 e. The third-order valence-corrected chi connectivity index (χ3v) is 15.4. The summed E-state index contributed by atoms with van der Waals surface area (Å²) in [6.07, 6.45) is 11.8. The normalized spacial score (nSPS) is 18.1. The van der Waals surface area contributed by atoms with Crippen LogP contribution >= 0.6 is 46.2 Å². The summed E-state index contributed by atoms with van der Waals surface area (Å²) in [5.41, 5.74) is 12.7. The molecule has 298 valence electrons. The number of nitrogens with one attached hydrogen (secondary N) is 2. The average molecular weight is 850 g/mol. The average Bonchev–Trinajstić information content (AvgIpc) is 3.97. The number of ether oxygens (including phenoxy) is 1. The molecule has 0 fully saturated rings. The van der Waals surface area contributed by atoms with Crippen molar-refractivity contribution in [2.24, 2.45) is 17.6 Å². The molecule has 6 aromatic rings. The van der Waals surface area contributed by atoms with Gasteiger partial charge in [0.05, 0.1) is 16.9 Å². The molecule has 6 heterocycles. The number of benzene rings is 2. The van der Waals surface area contributed by atoms with E-state index < -0.39 is 0 Å². The fourth-order valence-electron chi connectivity index (χ4n) is 8.29. The van der Waals surface area contributed by atoms with Crippen molar-refractivity contribution in [1.82, 2.24) is 19.9 Å². The van der Waals surface area contributed by atoms with Crippen LogP contribution in [0.1, 0.15) is 71.5 Å². The summed E-state index contributed by atoms with van der Waals surface area (Å²) in [5.74, 6) is 2.64. The van der Waals surface area contributed by atoms with Gasteiger partial charge >= 0.3 is 5.97 Å². The van der Waals surface area contributed by atoms with Gasteiger partial charge in [-0.05, 0) is 124 Å². The lowest BCUT2D eigenvalue weighted by molar-refractivity contribution is -0.147. The van der Waals surface area contributed by atoms with Crippen LogP contribution in [0.4, 0.5) is 23.0 Å². The van der Waals surface area contributed by atoms with Crippen molar-refractivity contribution in [3.05, 3.63) is 81.1 Å². The number of rotatable bonds is 9. The number of esters is 1. The third kappa shape index (κ3) is 8.24. The summed E-state index contributed by atoms with van der Waals surface area (Å²) in [7, 11) is 0. The van der Waals surface area contributed by atoms with Crippen molar-refractivity contribution >= 4 is 106 Å². The van der Waals surface area contributed by atoms with Crippen molar-refractivity contribution in [2.75, 3.05) is 17.2 Å². The number of fused-ring (bicyclic) bond motifs is 8. The van der Waals surface area contributed by atoms with Crippen LogP contribution in [0.2, 0.25) is 0 Å². The summed E-state index contributed by atoms with van der Waals surface area (Å²) in [5, 5.41) is 9.58. The highest BCUT2D eigenvalue weighted by molar-refractivity contribution is 8.14. The van der Waals surface area contributed by atoms with Gasteiger partial charge < -0.3 is 21.1 Å². The van der Waals surface area contributed by atoms with Crippen molar-refractivity contribution in [2.45, 2.75) is 94.0 Å². The number of anilines is 4. The molecule has 0 saturated carbocycles. The predicted molar refractivity (Wildman–Crippen MR) is 234 cm³/mol. The Bertz CT molecular complexity index is 2590. The number of nitrogens with two attached hydrogens (primary N) is 1. The van der Waals surface area contributed by atoms with Gasteiger partial charge in [-0.3, -0.25) is 14.4 Å². The molecule has 2 unspecified atom stereocenters. The molecule has 0 saturated heterocycles. The van der Waals surface area contributed by atoms with Crippen LogP contribution in [0.5, 0.6) is 0 Å². The monoisotopic (exact) mass is 849 g/mol. The zero-order chi connectivity index (χ0) is 39.9. The molecular formula is C43H43N7O4S4. The summed E-state index contributed by atoms with van der Waals surface area (Å²) >= 11 is 6.14. The molecule has 4 aromatic heterocycles. The number of nitrogens with zero attached hydrogens (tertiary/aromatic N) is 4. The second-order valence-electron chi connectivity index (χ2n) is 15.5. The van der Waals surface area contributed by atoms with E-state index in [0.717, 1.165) is 116 Å². The highest BCUT2D eigenvalue weighted by atomic mass is 32.2. The van der Waals surface area contributed by atoms with E-state index in [1.54, 1.807) is 35.3 Å². The van der Waals surface area contributed by atoms with Crippen LogP contribution in [0.3, 0.4) is 0 Å². The maximum atomic E-state index is 11.9. The number of thiophene rings is 2. The first-order valence-corrected chi connectivity index (χ1v) is 23.0. The Morgan fingerprint density at radius 3 is 1.81 bits per heavy atom. The summed E-state index contributed by atoms with van der Waals surface area (Å²) in [6, 6.07) is 12.2. The number of aryl methyl sites for hydroxylation is 2. The molecule has 0 radical (unpaired) electrons. The van der Waals surface area contributed by atoms with E-state index >= 15 is 0 Å². The molecule has 2 aliphatic heterocycles. The minimum atomic E-state index is -0.103. The first-order valence-electron chi connectivity index (χ1n) is 19.8. The second kappa shape index (κ2) is 16.7. The van der Waals surface area contributed by atoms with E-state index in [0.29, 0.717) is 31.1 Å². The van der Waals surface area contributed by atoms with Crippen molar-refractivity contribution in [1.29, 1.82) is 0 Å². The van der Waals surface area contributed by atoms with E-state index in [1.165, 1.54) is 44.4 Å². The van der Waals surface area contributed by atoms with E-state index in [2.05, 4.69) is 30.6 Å². The van der Waals surface area contributed by atoms with E-state index in [1.807, 2.05) is 50.2 Å². The minimum Gasteiger partial charge on any atom is -0.463 e. The van der Waals surface area contributed by atoms with E-state index in [9.17, 15) is 14.4 Å². The maximum absolute atomic E-state index is 11.9. The van der Waals surface area contributed by atoms with Gasteiger partial charge in [0.25, 0.3) is 0 Å². The lowest BCUT2D eigenvalue weighted by Gasteiger charge is -2.22. The maximum Gasteiger partial charge on any atom is 0.306 e. The van der Waals surface area contributed by atoms with Gasteiger partial charge in [-0.1, -0.05) is 35.7 Å². The van der Waals surface area contributed by atoms with Gasteiger partial charge in [-0.25, -0.2) is 19.9 Å². The summed E-state index contributed by atoms with van der Waals surface area (Å²) < 4.78 is 5.28. The van der Waals surface area contributed by atoms with Gasteiger partial charge in [-0.15, -0.1) is 22.7 Å². The Hall–Kier alpha value is -4.41. The molecule has 4 aliphatic rings. The molecule has 10 rings (SSSR count). The molecule has 4 N–H and O–H groups in total. The fourth-order valence-corrected chi connectivity index (χ4v) is 12.7. The zero-order valence-electron chi connectivity index (χ0n) is 32.3. The molecular weight excluding hydrogens is 807 g/mol. The van der Waals surface area contributed by atoms with E-state index in [4.69, 9.17) is 10.5 Å². The number of hydrogen-bond acceptors (Lipinski definition) is 15. The Kier molecular flexibility index (Phi) is 11.2. The van der Waals surface area contributed by atoms with Gasteiger partial charge in [0, 0.05) is 50.2 Å². The highest BCUT2D eigenvalue weighted by Crippen LogP contribution is 2.43. The molecule has 11 nitrogen and oxygen atoms in total. The first-order chi connectivity index (χ1) is 28.2. The van der Waals surface area contributed by atoms with Gasteiger partial charge in [-0.2, -0.15) is 0 Å². The van der Waals surface area contributed by atoms with Crippen LogP contribution in [-0.2, 0) is 57.6 Å². The minimum absolute atomic E-state index is 0.0581. The molecule has 2 aliphatic carbocycles. The molecule has 58 heavy (non-hydrogen) atoms. The standard InChI is InChI=1S/C24H25N3O3S2.C19H18N4OS2/c1-13(2)30-20(28)8-4-14-3-7-17-19(9-14)32-24-22(17)23(25-12-26-24)27-16-6-5-15-10-21(29)31-18(15)11-16;20-8-10-1-4-13-15(5-10)26-19-17(13)18(21-9-22-19)23-12-3-2-11-6-16(24)25-14(11)7-12/h5-6,11-14H,3-4,7-10H2,1-2H3,(H,25,26,27);2-3,7,9-10H,1,4-6,8,20H2,(H,21,22,23). The van der Waals surface area contributed by atoms with Crippen molar-refractivity contribution < 1.29 is 19.1 Å². The van der Waals surface area contributed by atoms with Crippen LogP contribution in [0, 0.1) is 11.8 Å². The van der Waals surface area contributed by atoms with Crippen LogP contribution < -0.4 is 16.4 Å². The number of carbonyl (C=O) groups excluding carboxylic acids is 3. The Morgan fingerprint density at radius 2 is 1.29 bits per heavy atom. The molecule has 0 amide bonds. The van der Waals surface area contributed by atoms with Gasteiger partial charge in [0.15, 0.2) is 10.2 Å². The Balaban J connectivity index is 0.000000153. The van der Waals surface area contributed by atoms with Crippen molar-refractivity contribution in [3.8, 4) is 0 Å². The molecule has 2 atom stereocenters. The molecule has 0 spiro atoms. The van der Waals surface area contributed by atoms with E-state index in [-0.39, 0.29) is 22.3 Å². The molecule has 15 heteroatoms. The van der Waals surface area contributed by atoms with Crippen LogP contribution in [0.15, 0.2) is 58.8 Å². The van der Waals surface area contributed by atoms with Crippen molar-refractivity contribution in [3.63, 3.8) is 0 Å². The first kappa shape index (κ1) is 39.1. The number of aromatic nitrogens is 4. The highest BCUT2D eigenvalue weighted by Gasteiger charge is 2.28. The molecule has 0 bridgehead atoms. The quantitative estimate of drug-likeness (QED) is 0.118. The summed E-state index contributed by atoms with van der Waals surface area (Å²) in [6.45, 7) is 4.52. The zero-order valence-corrected chi connectivity index (χ0v) is 35.5. The number of thioether (sulfide) groups is 2. The Labute approximate surface area is 352 Å². The molecule has 2 aromatic carbocycles. The largest absolute Gasteiger partial charge is 0.463 e. The van der Waals surface area contributed by atoms with Crippen LogP contribution in [0.25, 0.3) is 20.4 Å². The number of hydrogen-bond donors (Lipinski definition) is 3. The third-order valence-electron chi connectivity index (χ3n) is 11.1. The summed E-state index contributed by atoms with van der Waals surface area (Å²) in [4.78, 5) is 60.2. The fraction of sp³-hybridized carbons (Fsp3) is 0.372.